The van der Waals surface area contributed by atoms with E-state index in [2.05, 4.69) is 37.8 Å². The summed E-state index contributed by atoms with van der Waals surface area (Å²) in [4.78, 5) is 25.3. The number of hydrogen-bond donors (Lipinski definition) is 0. The van der Waals surface area contributed by atoms with Gasteiger partial charge < -0.3 is 9.47 Å². The number of carbonyl (C=O) groups is 2. The van der Waals surface area contributed by atoms with Crippen LogP contribution < -0.4 is 4.74 Å². The molecule has 0 aliphatic heterocycles. The SMILES string of the molecule is C=CCOc1ccc(C(=O)[C@H](C)OC(=O)c2ccc(-c3ccc(CCCCCCC)cc3)cc2)cc1. The van der Waals surface area contributed by atoms with E-state index < -0.39 is 12.1 Å². The van der Waals surface area contributed by atoms with Crippen molar-refractivity contribution in [3.8, 4) is 16.9 Å². The number of esters is 1. The van der Waals surface area contributed by atoms with Crippen LogP contribution >= 0.6 is 0 Å². The minimum Gasteiger partial charge on any atom is -0.490 e. The summed E-state index contributed by atoms with van der Waals surface area (Å²) in [7, 11) is 0. The molecular formula is C32H36O4. The van der Waals surface area contributed by atoms with Crippen molar-refractivity contribution in [1.82, 2.24) is 0 Å². The second-order valence-corrected chi connectivity index (χ2v) is 8.97. The highest BCUT2D eigenvalue weighted by Gasteiger charge is 2.20. The first-order valence-corrected chi connectivity index (χ1v) is 12.8. The maximum atomic E-state index is 12.7. The van der Waals surface area contributed by atoms with Crippen molar-refractivity contribution in [2.24, 2.45) is 0 Å². The number of hydrogen-bond acceptors (Lipinski definition) is 4. The molecule has 3 aromatic rings. The van der Waals surface area contributed by atoms with E-state index in [4.69, 9.17) is 9.47 Å². The highest BCUT2D eigenvalue weighted by molar-refractivity contribution is 6.01. The van der Waals surface area contributed by atoms with Gasteiger partial charge in [-0.1, -0.05) is 81.7 Å². The Hall–Kier alpha value is -3.66. The van der Waals surface area contributed by atoms with Gasteiger partial charge in [0.25, 0.3) is 0 Å². The van der Waals surface area contributed by atoms with E-state index in [-0.39, 0.29) is 5.78 Å². The van der Waals surface area contributed by atoms with Gasteiger partial charge in [0, 0.05) is 5.56 Å². The van der Waals surface area contributed by atoms with Crippen molar-refractivity contribution in [2.45, 2.75) is 58.5 Å². The summed E-state index contributed by atoms with van der Waals surface area (Å²) >= 11 is 0. The van der Waals surface area contributed by atoms with Crippen LogP contribution in [-0.4, -0.2) is 24.5 Å². The fourth-order valence-corrected chi connectivity index (χ4v) is 3.98. The fraction of sp³-hybridized carbons (Fsp3) is 0.312. The standard InChI is InChI=1S/C32H36O4/c1-4-6-7-8-9-10-25-11-13-26(14-12-25)27-15-17-29(18-16-27)32(34)36-24(3)31(33)28-19-21-30(22-20-28)35-23-5-2/h5,11-22,24H,2,4,6-10,23H2,1,3H3/t24-/m0/s1. The van der Waals surface area contributed by atoms with Crippen molar-refractivity contribution in [3.05, 3.63) is 102 Å². The zero-order valence-corrected chi connectivity index (χ0v) is 21.4. The molecule has 0 saturated carbocycles. The van der Waals surface area contributed by atoms with E-state index in [1.165, 1.54) is 37.7 Å². The Morgan fingerprint density at radius 3 is 2.00 bits per heavy atom. The number of rotatable bonds is 14. The highest BCUT2D eigenvalue weighted by atomic mass is 16.5. The number of benzene rings is 3. The predicted octanol–water partition coefficient (Wildman–Crippen LogP) is 7.86. The molecule has 0 fully saturated rings. The molecule has 1 atom stereocenters. The number of aryl methyl sites for hydroxylation is 1. The van der Waals surface area contributed by atoms with Gasteiger partial charge in [0.2, 0.25) is 5.78 Å². The van der Waals surface area contributed by atoms with Gasteiger partial charge in [-0.3, -0.25) is 4.79 Å². The molecule has 0 bridgehead atoms. The van der Waals surface area contributed by atoms with E-state index >= 15 is 0 Å². The van der Waals surface area contributed by atoms with Gasteiger partial charge >= 0.3 is 5.97 Å². The lowest BCUT2D eigenvalue weighted by atomic mass is 10.00. The van der Waals surface area contributed by atoms with Crippen LogP contribution in [0.3, 0.4) is 0 Å². The molecule has 3 aromatic carbocycles. The molecule has 0 spiro atoms. The third-order valence-electron chi connectivity index (χ3n) is 6.14. The molecule has 0 N–H and O–H groups in total. The Balaban J connectivity index is 1.53. The van der Waals surface area contributed by atoms with Crippen molar-refractivity contribution < 1.29 is 19.1 Å². The molecule has 4 heteroatoms. The van der Waals surface area contributed by atoms with Crippen molar-refractivity contribution in [3.63, 3.8) is 0 Å². The van der Waals surface area contributed by atoms with Crippen LogP contribution in [0.5, 0.6) is 5.75 Å². The van der Waals surface area contributed by atoms with E-state index in [1.807, 2.05) is 12.1 Å². The summed E-state index contributed by atoms with van der Waals surface area (Å²) in [6.45, 7) is 7.82. The van der Waals surface area contributed by atoms with Crippen LogP contribution in [0.1, 0.15) is 72.2 Å². The molecule has 3 rings (SSSR count). The Kier molecular flexibility index (Phi) is 10.5. The van der Waals surface area contributed by atoms with Crippen LogP contribution in [-0.2, 0) is 11.2 Å². The molecule has 0 saturated heterocycles. The van der Waals surface area contributed by atoms with Crippen LogP contribution in [0.15, 0.2) is 85.5 Å². The molecule has 0 unspecified atom stereocenters. The summed E-state index contributed by atoms with van der Waals surface area (Å²) in [5.74, 6) is -0.138. The molecule has 0 amide bonds. The Labute approximate surface area is 215 Å². The van der Waals surface area contributed by atoms with Crippen molar-refractivity contribution in [2.75, 3.05) is 6.61 Å². The molecule has 0 aliphatic rings. The van der Waals surface area contributed by atoms with E-state index in [0.717, 1.165) is 17.5 Å². The second kappa shape index (κ2) is 14.0. The van der Waals surface area contributed by atoms with Crippen LogP contribution in [0.25, 0.3) is 11.1 Å². The highest BCUT2D eigenvalue weighted by Crippen LogP contribution is 2.22. The molecule has 0 heterocycles. The third-order valence-corrected chi connectivity index (χ3v) is 6.14. The lowest BCUT2D eigenvalue weighted by molar-refractivity contribution is 0.0319. The van der Waals surface area contributed by atoms with Gasteiger partial charge in [-0.05, 0) is 72.9 Å². The minimum absolute atomic E-state index is 0.263. The largest absolute Gasteiger partial charge is 0.490 e. The number of unbranched alkanes of at least 4 members (excludes halogenated alkanes) is 4. The lowest BCUT2D eigenvalue weighted by Gasteiger charge is -2.13. The fourth-order valence-electron chi connectivity index (χ4n) is 3.98. The Morgan fingerprint density at radius 2 is 1.39 bits per heavy atom. The Bertz CT molecular complexity index is 1110. The molecular weight excluding hydrogens is 448 g/mol. The average Bonchev–Trinajstić information content (AvgIpc) is 2.92. The molecule has 0 aromatic heterocycles. The normalized spacial score (nSPS) is 11.5. The first kappa shape index (κ1) is 26.9. The Morgan fingerprint density at radius 1 is 0.806 bits per heavy atom. The average molecular weight is 485 g/mol. The zero-order valence-electron chi connectivity index (χ0n) is 21.4. The number of ether oxygens (including phenoxy) is 2. The van der Waals surface area contributed by atoms with Gasteiger partial charge in [0.1, 0.15) is 12.4 Å². The van der Waals surface area contributed by atoms with Gasteiger partial charge in [-0.15, -0.1) is 0 Å². The summed E-state index contributed by atoms with van der Waals surface area (Å²) in [5.41, 5.74) is 4.36. The van der Waals surface area contributed by atoms with E-state index in [0.29, 0.717) is 23.5 Å². The molecule has 0 aliphatic carbocycles. The summed E-state index contributed by atoms with van der Waals surface area (Å²) < 4.78 is 10.9. The van der Waals surface area contributed by atoms with E-state index in [9.17, 15) is 9.59 Å². The quantitative estimate of drug-likeness (QED) is 0.101. The lowest BCUT2D eigenvalue weighted by Crippen LogP contribution is -2.24. The van der Waals surface area contributed by atoms with Gasteiger partial charge in [0.15, 0.2) is 6.10 Å². The van der Waals surface area contributed by atoms with Crippen LogP contribution in [0.2, 0.25) is 0 Å². The maximum Gasteiger partial charge on any atom is 0.338 e. The van der Waals surface area contributed by atoms with Crippen LogP contribution in [0.4, 0.5) is 0 Å². The van der Waals surface area contributed by atoms with Gasteiger partial charge in [-0.25, -0.2) is 4.79 Å². The first-order valence-electron chi connectivity index (χ1n) is 12.8. The summed E-state index contributed by atoms with van der Waals surface area (Å²) in [6.07, 6.45) is 8.28. The van der Waals surface area contributed by atoms with E-state index in [1.54, 1.807) is 49.4 Å². The smallest absolute Gasteiger partial charge is 0.338 e. The van der Waals surface area contributed by atoms with Crippen LogP contribution in [0, 0.1) is 0 Å². The van der Waals surface area contributed by atoms with Crippen molar-refractivity contribution >= 4 is 11.8 Å². The van der Waals surface area contributed by atoms with Gasteiger partial charge in [-0.2, -0.15) is 0 Å². The zero-order chi connectivity index (χ0) is 25.8. The predicted molar refractivity (Wildman–Crippen MR) is 146 cm³/mol. The number of Topliss-reactive ketones (excluding diaryl/α,β-unsaturated/α-hetero) is 1. The van der Waals surface area contributed by atoms with Crippen molar-refractivity contribution in [1.29, 1.82) is 0 Å². The number of ketones is 1. The molecule has 4 nitrogen and oxygen atoms in total. The summed E-state index contributed by atoms with van der Waals surface area (Å²) in [6, 6.07) is 22.7. The topological polar surface area (TPSA) is 52.6 Å². The monoisotopic (exact) mass is 484 g/mol. The number of carbonyl (C=O) groups excluding carboxylic acids is 2. The molecule has 188 valence electrons. The summed E-state index contributed by atoms with van der Waals surface area (Å²) in [5, 5.41) is 0. The van der Waals surface area contributed by atoms with Gasteiger partial charge in [0.05, 0.1) is 5.56 Å². The maximum absolute atomic E-state index is 12.7. The third kappa shape index (κ3) is 7.94. The first-order chi connectivity index (χ1) is 17.5. The second-order valence-electron chi connectivity index (χ2n) is 8.97. The molecule has 36 heavy (non-hydrogen) atoms. The minimum atomic E-state index is -0.897. The molecule has 0 radical (unpaired) electrons.